The normalized spacial score (nSPS) is 18.2. The number of aryl methyl sites for hydroxylation is 4. The molecule has 0 unspecified atom stereocenters. The lowest BCUT2D eigenvalue weighted by Gasteiger charge is -2.41. The molecule has 752 valence electrons. The summed E-state index contributed by atoms with van der Waals surface area (Å²) in [6, 6.07) is 85.2. The summed E-state index contributed by atoms with van der Waals surface area (Å²) >= 11 is 6.23. The number of hydrogen-bond acceptors (Lipinski definition) is 9. The Morgan fingerprint density at radius 1 is 0.299 bits per heavy atom. The molecule has 4 aliphatic heterocycles. The van der Waals surface area contributed by atoms with Crippen molar-refractivity contribution >= 4 is 81.6 Å². The molecule has 16 rings (SSSR count). The van der Waals surface area contributed by atoms with Gasteiger partial charge in [0, 0.05) is 60.1 Å². The van der Waals surface area contributed by atoms with Crippen LogP contribution < -0.4 is 21.3 Å². The molecule has 144 heavy (non-hydrogen) atoms. The molecular weight excluding hydrogens is 1830 g/mol. The Morgan fingerprint density at radius 3 is 0.938 bits per heavy atom. The smallest absolute Gasteiger partial charge is 0.258 e. The summed E-state index contributed by atoms with van der Waals surface area (Å²) in [6.45, 7) is 38.6. The lowest BCUT2D eigenvalue weighted by Crippen LogP contribution is -2.46. The minimum atomic E-state index is -1.03. The zero-order valence-electron chi connectivity index (χ0n) is 86.3. The Bertz CT molecular complexity index is 6540. The predicted octanol–water partition coefficient (Wildman–Crippen LogP) is 27.4. The largest absolute Gasteiger partial charge is 0.386 e. The first-order valence-corrected chi connectivity index (χ1v) is 50.5. The Labute approximate surface area is 853 Å². The molecule has 0 bridgehead atoms. The number of anilines is 4. The van der Waals surface area contributed by atoms with Gasteiger partial charge in [0.15, 0.2) is 0 Å². The number of nitrogens with zero attached hydrogens (tertiary/aromatic N) is 4. The first kappa shape index (κ1) is 108. The molecule has 21 heteroatoms. The van der Waals surface area contributed by atoms with Gasteiger partial charge in [-0.05, 0) is 266 Å². The van der Waals surface area contributed by atoms with Crippen molar-refractivity contribution in [2.75, 3.05) is 47.4 Å². The highest BCUT2D eigenvalue weighted by atomic mass is 35.5. The molecule has 4 aliphatic rings. The van der Waals surface area contributed by atoms with E-state index < -0.39 is 70.7 Å². The van der Waals surface area contributed by atoms with Crippen LogP contribution in [0.3, 0.4) is 0 Å². The molecule has 4 saturated heterocycles. The highest BCUT2D eigenvalue weighted by Gasteiger charge is 2.46. The van der Waals surface area contributed by atoms with E-state index in [4.69, 9.17) is 11.6 Å². The van der Waals surface area contributed by atoms with Crippen LogP contribution in [-0.2, 0) is 46.4 Å². The van der Waals surface area contributed by atoms with Gasteiger partial charge in [0.2, 0.25) is 23.6 Å². The molecule has 0 spiro atoms. The van der Waals surface area contributed by atoms with Crippen molar-refractivity contribution in [3.63, 3.8) is 0 Å². The van der Waals surface area contributed by atoms with Crippen LogP contribution in [0.25, 0.3) is 0 Å². The summed E-state index contributed by atoms with van der Waals surface area (Å²) in [6.07, 6.45) is 5.34. The second-order valence-electron chi connectivity index (χ2n) is 43.3. The molecule has 0 saturated carbocycles. The minimum absolute atomic E-state index is 0.00668. The lowest BCUT2D eigenvalue weighted by molar-refractivity contribution is -0.124. The summed E-state index contributed by atoms with van der Waals surface area (Å²) in [7, 11) is 0. The van der Waals surface area contributed by atoms with Crippen LogP contribution in [0.2, 0.25) is 5.02 Å². The van der Waals surface area contributed by atoms with Gasteiger partial charge in [0.25, 0.3) is 23.6 Å². The summed E-state index contributed by atoms with van der Waals surface area (Å²) in [5.41, 5.74) is 14.8. The van der Waals surface area contributed by atoms with Crippen LogP contribution >= 0.6 is 11.6 Å². The number of carbonyl (C=O) groups excluding carboxylic acids is 8. The maximum Gasteiger partial charge on any atom is 0.258 e. The van der Waals surface area contributed by atoms with Gasteiger partial charge in [-0.3, -0.25) is 38.4 Å². The monoisotopic (exact) mass is 1960 g/mol. The van der Waals surface area contributed by atoms with Crippen molar-refractivity contribution in [2.45, 2.75) is 227 Å². The number of carbonyl (C=O) groups is 8. The fraction of sp³-hybridized carbons (Fsp3) is 0.350. The Kier molecular flexibility index (Phi) is 34.7. The minimum Gasteiger partial charge on any atom is -0.386 e. The van der Waals surface area contributed by atoms with Gasteiger partial charge in [0.1, 0.15) is 17.5 Å². The number of nitrogens with one attached hydrogen (secondary N) is 4. The summed E-state index contributed by atoms with van der Waals surface area (Å²) in [5, 5.41) is 22.9. The Morgan fingerprint density at radius 2 is 0.611 bits per heavy atom. The molecule has 5 N–H and O–H groups in total. The van der Waals surface area contributed by atoms with E-state index in [1.165, 1.54) is 42.0 Å². The standard InChI is InChI=1S/C33H39FN2O3.C31H36N2O2.C30H33FN2O2.C29H30ClFN2O2/c1-21-10-7-14-27(34)28(21)31(38)36-19-9-13-26(29(36)22-15-17-23(18-16-22)33(5,6)39)30(37)35-25-12-8-11-24(20-25)32(2,3)4;1-21-16-17-26(22(2)19-21)30(35)33-18-10-15-27(28(33)23-11-7-6-8-12-23)29(34)32-25-14-9-13-24(20-25)31(3,4)5;1-20-15-16-23(31)19-26(20)29(35)33-17-9-14-25(27(33)21-10-6-5-7-11-21)28(34)32-24-13-8-12-22(18-24)30(2,3)4;1-29(2,3)20-12-7-13-21(18-20)32-27(34)22-14-9-17-33(26(22)19-10-5-4-6-11-19)28(35)25-23(30)15-8-16-24(25)31/h7-8,10-12,14-18,20,26,29,39H,9,13,19H2,1-6H3,(H,35,37);6-9,11-14,16-17,19-20,27-28H,10,15,18H2,1-5H3,(H,32,34);5-8,10-13,15-16,18-19,25,27H,9,14,17H2,1-4H3,(H,32,34);4-8,10-13,15-16,18,22,26H,9,14,17H2,1-3H3,(H,32,34)/t26-,29-;27-,28-;25-,27-;22-,26-/m0000/s1. The highest BCUT2D eigenvalue weighted by Crippen LogP contribution is 2.46. The zero-order valence-corrected chi connectivity index (χ0v) is 87.0. The molecule has 12 aromatic rings. The number of rotatable bonds is 17. The number of likely N-dealkylation sites (tertiary alicyclic amines) is 4. The lowest BCUT2D eigenvalue weighted by atomic mass is 9.82. The summed E-state index contributed by atoms with van der Waals surface area (Å²) in [4.78, 5) is 116. The second-order valence-corrected chi connectivity index (χ2v) is 43.7. The fourth-order valence-electron chi connectivity index (χ4n) is 20.0. The molecule has 4 fully saturated rings. The second kappa shape index (κ2) is 46.4. The van der Waals surface area contributed by atoms with Crippen molar-refractivity contribution in [3.05, 3.63) is 402 Å². The maximum absolute atomic E-state index is 14.9. The quantitative estimate of drug-likeness (QED) is 0.0585. The van der Waals surface area contributed by atoms with E-state index in [0.29, 0.717) is 92.6 Å². The van der Waals surface area contributed by atoms with Crippen LogP contribution in [0, 0.1) is 68.8 Å². The molecule has 4 heterocycles. The maximum atomic E-state index is 14.9. The van der Waals surface area contributed by atoms with Gasteiger partial charge in [-0.1, -0.05) is 300 Å². The van der Waals surface area contributed by atoms with Crippen molar-refractivity contribution in [1.82, 2.24) is 19.6 Å². The third-order valence-corrected chi connectivity index (χ3v) is 28.3. The van der Waals surface area contributed by atoms with Crippen molar-refractivity contribution in [3.8, 4) is 0 Å². The van der Waals surface area contributed by atoms with E-state index in [1.54, 1.807) is 60.6 Å². The van der Waals surface area contributed by atoms with Gasteiger partial charge < -0.3 is 46.0 Å². The first-order chi connectivity index (χ1) is 68.2. The molecule has 8 atom stereocenters. The molecule has 0 aromatic heterocycles. The van der Waals surface area contributed by atoms with E-state index in [1.807, 2.05) is 231 Å². The third-order valence-electron chi connectivity index (χ3n) is 27.9. The number of piperidine rings is 4. The molecule has 0 aliphatic carbocycles. The SMILES string of the molecule is CC(C)(C)c1cccc(NC(=O)[C@H]2CCCN(C(=O)c3c(F)cccc3Cl)[C@H]2c2ccccc2)c1.Cc1ccc(C(=O)N2CCC[C@H](C(=O)Nc3cccc(C(C)(C)C)c3)[C@@H]2c2ccccc2)c(C)c1.Cc1ccc(F)cc1C(=O)N1CCC[C@H](C(=O)Nc2cccc(C(C)(C)C)c2)[C@@H]1c1ccccc1.Cc1cccc(F)c1C(=O)N1CCC[C@H](C(=O)Nc2cccc(C(C)(C)C)c2)[C@@H]1c1ccc(C(C)(C)O)cc1. The van der Waals surface area contributed by atoms with Crippen LogP contribution in [-0.4, -0.2) is 98.1 Å². The van der Waals surface area contributed by atoms with Crippen molar-refractivity contribution < 1.29 is 56.6 Å². The average molecular weight is 1960 g/mol. The van der Waals surface area contributed by atoms with E-state index >= 15 is 0 Å². The summed E-state index contributed by atoms with van der Waals surface area (Å²) < 4.78 is 43.6. The van der Waals surface area contributed by atoms with Gasteiger partial charge in [-0.2, -0.15) is 0 Å². The van der Waals surface area contributed by atoms with Crippen LogP contribution in [0.4, 0.5) is 35.9 Å². The van der Waals surface area contributed by atoms with Crippen LogP contribution in [0.15, 0.2) is 285 Å². The van der Waals surface area contributed by atoms with Gasteiger partial charge in [-0.25, -0.2) is 13.2 Å². The van der Waals surface area contributed by atoms with E-state index in [0.717, 1.165) is 85.5 Å². The molecule has 12 aromatic carbocycles. The Hall–Kier alpha value is -13.6. The van der Waals surface area contributed by atoms with Gasteiger partial charge >= 0.3 is 0 Å². The number of amides is 8. The average Bonchev–Trinajstić information content (AvgIpc) is 0.770. The number of benzene rings is 12. The third kappa shape index (κ3) is 26.5. The summed E-state index contributed by atoms with van der Waals surface area (Å²) in [5.74, 6) is -5.16. The van der Waals surface area contributed by atoms with E-state index in [9.17, 15) is 56.6 Å². The van der Waals surface area contributed by atoms with Crippen molar-refractivity contribution in [1.29, 1.82) is 0 Å². The fourth-order valence-corrected chi connectivity index (χ4v) is 20.2. The Balaban J connectivity index is 0.000000161. The molecule has 8 amide bonds. The van der Waals surface area contributed by atoms with E-state index in [-0.39, 0.29) is 85.2 Å². The molecular formula is C123H138ClF3N8O9. The zero-order chi connectivity index (χ0) is 104. The van der Waals surface area contributed by atoms with Gasteiger partial charge in [0.05, 0.1) is 69.6 Å². The van der Waals surface area contributed by atoms with E-state index in [2.05, 4.69) is 123 Å². The highest BCUT2D eigenvalue weighted by molar-refractivity contribution is 6.34. The number of halogens is 4. The number of hydrogen-bond donors (Lipinski definition) is 5. The van der Waals surface area contributed by atoms with Crippen molar-refractivity contribution in [2.24, 2.45) is 23.7 Å². The topological polar surface area (TPSA) is 218 Å². The van der Waals surface area contributed by atoms with Crippen LogP contribution in [0.5, 0.6) is 0 Å². The number of aliphatic hydroxyl groups is 1. The van der Waals surface area contributed by atoms with Gasteiger partial charge in [-0.15, -0.1) is 0 Å². The molecule has 0 radical (unpaired) electrons. The first-order valence-electron chi connectivity index (χ1n) is 50.1. The predicted molar refractivity (Wildman–Crippen MR) is 572 cm³/mol. The molecule has 17 nitrogen and oxygen atoms in total. The van der Waals surface area contributed by atoms with Crippen LogP contribution in [0.1, 0.15) is 286 Å².